The third-order valence-corrected chi connectivity index (χ3v) is 2.03. The van der Waals surface area contributed by atoms with Crippen LogP contribution in [0.3, 0.4) is 0 Å². The predicted molar refractivity (Wildman–Crippen MR) is 56.4 cm³/mol. The maximum atomic E-state index is 11.3. The number of nitrogens with two attached hydrogens (primary N) is 1. The molecule has 0 aliphatic rings. The highest BCUT2D eigenvalue weighted by atomic mass is 35.5. The Kier molecular flexibility index (Phi) is 4.02. The summed E-state index contributed by atoms with van der Waals surface area (Å²) in [7, 11) is 0. The Hall–Kier alpha value is -2.12. The Balaban J connectivity index is 3.15. The van der Waals surface area contributed by atoms with E-state index in [2.05, 4.69) is 4.74 Å². The third kappa shape index (κ3) is 2.92. The fourth-order valence-electron chi connectivity index (χ4n) is 1.03. The highest BCUT2D eigenvalue weighted by molar-refractivity contribution is 6.34. The van der Waals surface area contributed by atoms with Gasteiger partial charge in [0.05, 0.1) is 5.02 Å². The standard InChI is InChI=1S/C9H7ClN2O5/c10-4-2-1-3-5(6(4)7(13)12-11)17-9(16)8(14)15/h1-3H,11H2,(H,12,13)(H,14,15). The second kappa shape index (κ2) is 5.28. The van der Waals surface area contributed by atoms with Gasteiger partial charge < -0.3 is 9.84 Å². The van der Waals surface area contributed by atoms with Gasteiger partial charge in [-0.1, -0.05) is 17.7 Å². The molecule has 0 aliphatic heterocycles. The van der Waals surface area contributed by atoms with Crippen molar-refractivity contribution in [1.82, 2.24) is 5.43 Å². The zero-order valence-corrected chi connectivity index (χ0v) is 9.02. The van der Waals surface area contributed by atoms with Gasteiger partial charge >= 0.3 is 11.9 Å². The first-order valence-electron chi connectivity index (χ1n) is 4.22. The smallest absolute Gasteiger partial charge is 0.422 e. The number of hydrogen-bond donors (Lipinski definition) is 3. The van der Waals surface area contributed by atoms with Crippen molar-refractivity contribution < 1.29 is 24.2 Å². The summed E-state index contributed by atoms with van der Waals surface area (Å²) < 4.78 is 4.47. The van der Waals surface area contributed by atoms with Gasteiger partial charge in [0.25, 0.3) is 5.91 Å². The number of rotatable bonds is 2. The minimum atomic E-state index is -1.79. The lowest BCUT2D eigenvalue weighted by atomic mass is 10.2. The summed E-state index contributed by atoms with van der Waals surface area (Å²) in [4.78, 5) is 32.5. The lowest BCUT2D eigenvalue weighted by molar-refractivity contribution is -0.158. The van der Waals surface area contributed by atoms with Crippen molar-refractivity contribution >= 4 is 29.4 Å². The molecule has 0 bridgehead atoms. The molecule has 1 rings (SSSR count). The number of ether oxygens (including phenoxy) is 1. The molecule has 0 aliphatic carbocycles. The normalized spacial score (nSPS) is 9.53. The van der Waals surface area contributed by atoms with Gasteiger partial charge in [0.2, 0.25) is 0 Å². The number of amides is 1. The summed E-state index contributed by atoms with van der Waals surface area (Å²) in [5.74, 6) is 0.514. The van der Waals surface area contributed by atoms with Crippen LogP contribution in [0.5, 0.6) is 5.75 Å². The number of nitrogen functional groups attached to an aromatic ring is 1. The summed E-state index contributed by atoms with van der Waals surface area (Å²) >= 11 is 5.71. The fraction of sp³-hybridized carbons (Fsp3) is 0. The third-order valence-electron chi connectivity index (χ3n) is 1.71. The van der Waals surface area contributed by atoms with Crippen LogP contribution in [0.4, 0.5) is 0 Å². The molecule has 1 aromatic rings. The fourth-order valence-corrected chi connectivity index (χ4v) is 1.28. The minimum Gasteiger partial charge on any atom is -0.473 e. The minimum absolute atomic E-state index is 0.0244. The number of carbonyl (C=O) groups excluding carboxylic acids is 2. The molecule has 0 fully saturated rings. The Morgan fingerprint density at radius 2 is 2.00 bits per heavy atom. The number of carbonyl (C=O) groups is 3. The molecule has 0 spiro atoms. The first kappa shape index (κ1) is 12.9. The maximum absolute atomic E-state index is 11.3. The van der Waals surface area contributed by atoms with E-state index >= 15 is 0 Å². The maximum Gasteiger partial charge on any atom is 0.422 e. The SMILES string of the molecule is NNC(=O)c1c(Cl)cccc1OC(=O)C(=O)O. The van der Waals surface area contributed by atoms with Gasteiger partial charge in [-0.3, -0.25) is 10.2 Å². The number of carboxylic acid groups (broad SMARTS) is 1. The Labute approximate surface area is 100 Å². The van der Waals surface area contributed by atoms with Crippen molar-refractivity contribution in [3.8, 4) is 5.75 Å². The largest absolute Gasteiger partial charge is 0.473 e. The Morgan fingerprint density at radius 1 is 1.35 bits per heavy atom. The molecule has 4 N–H and O–H groups in total. The van der Waals surface area contributed by atoms with Crippen LogP contribution in [0.15, 0.2) is 18.2 Å². The average Bonchev–Trinajstić information content (AvgIpc) is 2.28. The van der Waals surface area contributed by atoms with Gasteiger partial charge in [-0.25, -0.2) is 15.4 Å². The van der Waals surface area contributed by atoms with Crippen molar-refractivity contribution in [3.05, 3.63) is 28.8 Å². The summed E-state index contributed by atoms with van der Waals surface area (Å²) in [6, 6.07) is 3.97. The summed E-state index contributed by atoms with van der Waals surface area (Å²) in [5.41, 5.74) is 1.59. The van der Waals surface area contributed by atoms with E-state index in [1.807, 2.05) is 0 Å². The summed E-state index contributed by atoms with van der Waals surface area (Å²) in [5, 5.41) is 8.34. The van der Waals surface area contributed by atoms with E-state index in [0.717, 1.165) is 0 Å². The number of nitrogens with one attached hydrogen (secondary N) is 1. The first-order chi connectivity index (χ1) is 7.97. The second-order valence-electron chi connectivity index (χ2n) is 2.78. The molecule has 7 nitrogen and oxygen atoms in total. The summed E-state index contributed by atoms with van der Waals surface area (Å²) in [6.45, 7) is 0. The van der Waals surface area contributed by atoms with Crippen LogP contribution in [-0.4, -0.2) is 23.0 Å². The molecule has 0 heterocycles. The first-order valence-corrected chi connectivity index (χ1v) is 4.59. The number of carboxylic acids is 1. The number of halogens is 1. The van der Waals surface area contributed by atoms with Crippen molar-refractivity contribution in [2.45, 2.75) is 0 Å². The van der Waals surface area contributed by atoms with Gasteiger partial charge in [-0.15, -0.1) is 0 Å². The molecular weight excluding hydrogens is 252 g/mol. The molecule has 0 unspecified atom stereocenters. The van der Waals surface area contributed by atoms with Crippen LogP contribution in [0, 0.1) is 0 Å². The molecule has 0 saturated heterocycles. The van der Waals surface area contributed by atoms with E-state index < -0.39 is 17.8 Å². The van der Waals surface area contributed by atoms with Gasteiger partial charge in [0.1, 0.15) is 11.3 Å². The van der Waals surface area contributed by atoms with E-state index in [1.54, 1.807) is 5.43 Å². The van der Waals surface area contributed by atoms with Crippen molar-refractivity contribution in [2.75, 3.05) is 0 Å². The van der Waals surface area contributed by atoms with Gasteiger partial charge in [0, 0.05) is 0 Å². The van der Waals surface area contributed by atoms with E-state index in [-0.39, 0.29) is 16.3 Å². The van der Waals surface area contributed by atoms with Crippen LogP contribution < -0.4 is 16.0 Å². The molecule has 8 heteroatoms. The average molecular weight is 259 g/mol. The number of benzene rings is 1. The molecule has 90 valence electrons. The highest BCUT2D eigenvalue weighted by Gasteiger charge is 2.21. The quantitative estimate of drug-likeness (QED) is 0.171. The van der Waals surface area contributed by atoms with Gasteiger partial charge in [-0.2, -0.15) is 0 Å². The number of hydrazine groups is 1. The molecule has 0 aromatic heterocycles. The van der Waals surface area contributed by atoms with Crippen molar-refractivity contribution in [1.29, 1.82) is 0 Å². The second-order valence-corrected chi connectivity index (χ2v) is 3.19. The van der Waals surface area contributed by atoms with Crippen LogP contribution >= 0.6 is 11.6 Å². The van der Waals surface area contributed by atoms with Crippen LogP contribution in [0.2, 0.25) is 5.02 Å². The Morgan fingerprint density at radius 3 is 2.53 bits per heavy atom. The lowest BCUT2D eigenvalue weighted by Gasteiger charge is -2.08. The monoisotopic (exact) mass is 258 g/mol. The van der Waals surface area contributed by atoms with Crippen LogP contribution in [0.1, 0.15) is 10.4 Å². The van der Waals surface area contributed by atoms with Crippen molar-refractivity contribution in [3.63, 3.8) is 0 Å². The number of aliphatic carboxylic acids is 1. The van der Waals surface area contributed by atoms with Crippen LogP contribution in [0.25, 0.3) is 0 Å². The van der Waals surface area contributed by atoms with Crippen LogP contribution in [-0.2, 0) is 9.59 Å². The molecule has 0 atom stereocenters. The number of esters is 1. The lowest BCUT2D eigenvalue weighted by Crippen LogP contribution is -2.31. The zero-order chi connectivity index (χ0) is 13.0. The molecule has 17 heavy (non-hydrogen) atoms. The zero-order valence-electron chi connectivity index (χ0n) is 8.27. The van der Waals surface area contributed by atoms with Gasteiger partial charge in [-0.05, 0) is 12.1 Å². The van der Waals surface area contributed by atoms with Crippen molar-refractivity contribution in [2.24, 2.45) is 5.84 Å². The predicted octanol–water partition coefficient (Wildman–Crippen LogP) is -0.0665. The Bertz CT molecular complexity index is 488. The topological polar surface area (TPSA) is 119 Å². The molecule has 1 amide bonds. The van der Waals surface area contributed by atoms with Gasteiger partial charge in [0.15, 0.2) is 0 Å². The molecule has 1 aromatic carbocycles. The van der Waals surface area contributed by atoms with E-state index in [1.165, 1.54) is 18.2 Å². The summed E-state index contributed by atoms with van der Waals surface area (Å²) in [6.07, 6.45) is 0. The van der Waals surface area contributed by atoms with E-state index in [9.17, 15) is 14.4 Å². The van der Waals surface area contributed by atoms with E-state index in [4.69, 9.17) is 22.6 Å². The molecule has 0 radical (unpaired) electrons. The number of hydrogen-bond acceptors (Lipinski definition) is 5. The molecule has 0 saturated carbocycles. The van der Waals surface area contributed by atoms with E-state index in [0.29, 0.717) is 0 Å². The molecular formula is C9H7ClN2O5. The highest BCUT2D eigenvalue weighted by Crippen LogP contribution is 2.26.